The Labute approximate surface area is 451 Å². The van der Waals surface area contributed by atoms with Crippen LogP contribution in [0.25, 0.3) is 53.6 Å². The van der Waals surface area contributed by atoms with Gasteiger partial charge in [-0.1, -0.05) is 165 Å². The molecule has 4 heterocycles. The van der Waals surface area contributed by atoms with Crippen molar-refractivity contribution in [2.45, 2.75) is 104 Å². The van der Waals surface area contributed by atoms with Crippen molar-refractivity contribution in [1.82, 2.24) is 0 Å². The van der Waals surface area contributed by atoms with Crippen LogP contribution in [-0.4, -0.2) is 6.85 Å². The number of ether oxygens (including phenoxy) is 2. The fraction of sp³-hybridized carbons (Fsp3) is 0.229. The molecule has 1 aromatic heterocycles. The molecular weight excluding hydrogens is 944 g/mol. The van der Waals surface area contributed by atoms with E-state index < -0.39 is 0 Å². The lowest BCUT2D eigenvalue weighted by atomic mass is 9.43. The van der Waals surface area contributed by atoms with Gasteiger partial charge in [0.25, 0.3) is 0 Å². The van der Waals surface area contributed by atoms with Gasteiger partial charge in [-0.05, 0) is 152 Å². The van der Waals surface area contributed by atoms with Crippen molar-refractivity contribution in [3.8, 4) is 56.4 Å². The summed E-state index contributed by atoms with van der Waals surface area (Å²) in [5.41, 5.74) is 23.9. The summed E-state index contributed by atoms with van der Waals surface area (Å²) in [6, 6.07) is 61.9. The van der Waals surface area contributed by atoms with Crippen LogP contribution in [0.15, 0.2) is 164 Å². The lowest BCUT2D eigenvalue weighted by molar-refractivity contribution is 0.332. The summed E-state index contributed by atoms with van der Waals surface area (Å²) in [4.78, 5) is 5.38. The van der Waals surface area contributed by atoms with Gasteiger partial charge in [-0.2, -0.15) is 0 Å². The van der Waals surface area contributed by atoms with E-state index >= 15 is 0 Å². The van der Waals surface area contributed by atoms with E-state index in [9.17, 15) is 0 Å². The lowest BCUT2D eigenvalue weighted by Crippen LogP contribution is -2.62. The summed E-state index contributed by atoms with van der Waals surface area (Å²) in [7, 11) is 0. The van der Waals surface area contributed by atoms with E-state index in [4.69, 9.17) is 9.47 Å². The molecule has 2 aliphatic carbocycles. The first-order valence-electron chi connectivity index (χ1n) is 27.3. The lowest BCUT2D eigenvalue weighted by Gasteiger charge is -2.48. The molecule has 0 unspecified atom stereocenters. The maximum absolute atomic E-state index is 6.99. The molecule has 0 radical (unpaired) electrons. The van der Waals surface area contributed by atoms with Crippen LogP contribution in [0.4, 0.5) is 28.4 Å². The van der Waals surface area contributed by atoms with Crippen LogP contribution in [-0.2, 0) is 21.7 Å². The molecule has 0 saturated carbocycles. The van der Waals surface area contributed by atoms with Crippen LogP contribution in [0.1, 0.15) is 109 Å². The minimum Gasteiger partial charge on any atom is -0.450 e. The van der Waals surface area contributed by atoms with Crippen molar-refractivity contribution in [3.63, 3.8) is 0 Å². The molecule has 3 aliphatic heterocycles. The van der Waals surface area contributed by atoms with Crippen LogP contribution >= 0.6 is 11.3 Å². The number of para-hydroxylation sites is 2. The Bertz CT molecular complexity index is 4170. The quantitative estimate of drug-likeness (QED) is 0.165. The molecule has 0 amide bonds. The molecule has 0 bridgehead atoms. The Kier molecular flexibility index (Phi) is 9.37. The fourth-order valence-electron chi connectivity index (χ4n) is 14.1. The molecule has 0 fully saturated rings. The van der Waals surface area contributed by atoms with E-state index in [0.29, 0.717) is 5.75 Å². The van der Waals surface area contributed by atoms with Gasteiger partial charge in [-0.15, -0.1) is 11.3 Å². The Morgan fingerprint density at radius 1 is 0.513 bits per heavy atom. The third-order valence-corrected chi connectivity index (χ3v) is 19.4. The van der Waals surface area contributed by atoms with Crippen LogP contribution in [0.2, 0.25) is 0 Å². The summed E-state index contributed by atoms with van der Waals surface area (Å²) < 4.78 is 16.6. The van der Waals surface area contributed by atoms with Gasteiger partial charge in [0.05, 0.1) is 0 Å². The number of fused-ring (bicyclic) bond motifs is 15. The first kappa shape index (κ1) is 45.8. The largest absolute Gasteiger partial charge is 0.450 e. The third kappa shape index (κ3) is 6.31. The van der Waals surface area contributed by atoms with Gasteiger partial charge in [-0.25, -0.2) is 0 Å². The second-order valence-electron chi connectivity index (χ2n) is 25.1. The molecule has 0 atom stereocenters. The molecular formula is C70H61BN2O2S. The Morgan fingerprint density at radius 2 is 1.17 bits per heavy atom. The zero-order valence-corrected chi connectivity index (χ0v) is 46.0. The number of hydrogen-bond acceptors (Lipinski definition) is 5. The second-order valence-corrected chi connectivity index (χ2v) is 26.2. The second kappa shape index (κ2) is 15.5. The first-order valence-corrected chi connectivity index (χ1v) is 28.1. The van der Waals surface area contributed by atoms with Gasteiger partial charge in [0.2, 0.25) is 0 Å². The topological polar surface area (TPSA) is 24.9 Å². The normalized spacial score (nSPS) is 16.6. The summed E-state index contributed by atoms with van der Waals surface area (Å²) in [6.45, 7) is 23.8. The number of anilines is 5. The van der Waals surface area contributed by atoms with Gasteiger partial charge < -0.3 is 19.2 Å². The van der Waals surface area contributed by atoms with E-state index in [1.807, 2.05) is 35.6 Å². The highest BCUT2D eigenvalue weighted by atomic mass is 32.1. The first-order chi connectivity index (χ1) is 36.5. The Balaban J connectivity index is 1.14. The molecule has 76 heavy (non-hydrogen) atoms. The van der Waals surface area contributed by atoms with Gasteiger partial charge in [-0.3, -0.25) is 0 Å². The minimum atomic E-state index is -0.308. The highest BCUT2D eigenvalue weighted by molar-refractivity contribution is 7.26. The standard InChI is InChI=1S/C70H61BN2O2S/c1-40-34-49-50(69(7,8)33-32-68(49,5)6)37-54(40)72-55-39-60-59(74-57-25-17-18-26-58(57)75-60)38-51(55)71-65-56(72)36-47-44-23-15-19-27-61(44)76-66(47)63(65)62-53(31-29-45-43-22-14-16-24-48(43)70(9,10)64(45)62)73(71)52-30-28-42(67(2,3)4)35-46(52)41-20-12-11-13-21-41/h11-31,34-39H,32-33H2,1-10H3. The van der Waals surface area contributed by atoms with Crippen LogP contribution in [0, 0.1) is 6.92 Å². The molecule has 0 spiro atoms. The highest BCUT2D eigenvalue weighted by Crippen LogP contribution is 2.61. The highest BCUT2D eigenvalue weighted by Gasteiger charge is 2.51. The van der Waals surface area contributed by atoms with Gasteiger partial charge in [0, 0.05) is 76.8 Å². The van der Waals surface area contributed by atoms with Gasteiger partial charge in [0.15, 0.2) is 23.0 Å². The molecule has 9 aromatic carbocycles. The molecule has 15 rings (SSSR count). The molecule has 10 aromatic rings. The van der Waals surface area contributed by atoms with Crippen LogP contribution < -0.4 is 30.1 Å². The average molecular weight is 1010 g/mol. The SMILES string of the molecule is Cc1cc2c(cc1N1c3cc4c(cc3B3c5c1cc1c(sc6ccccc61)c5-c1c(ccc5c1C(C)(C)c1ccccc1-5)N3c1ccc(C(C)(C)C)cc1-c1ccccc1)Oc1ccccc1O4)C(C)(C)CCC2(C)C. The summed E-state index contributed by atoms with van der Waals surface area (Å²) in [5, 5.41) is 2.57. The maximum atomic E-state index is 6.99. The van der Waals surface area contributed by atoms with Crippen molar-refractivity contribution in [3.05, 3.63) is 197 Å². The molecule has 0 N–H and O–H groups in total. The smallest absolute Gasteiger partial charge is 0.333 e. The molecule has 6 heteroatoms. The predicted molar refractivity (Wildman–Crippen MR) is 321 cm³/mol. The van der Waals surface area contributed by atoms with Crippen LogP contribution in [0.3, 0.4) is 0 Å². The number of benzene rings is 9. The van der Waals surface area contributed by atoms with E-state index in [1.165, 1.54) is 121 Å². The summed E-state index contributed by atoms with van der Waals surface area (Å²) >= 11 is 1.95. The predicted octanol–water partition coefficient (Wildman–Crippen LogP) is 18.6. The number of hydrogen-bond donors (Lipinski definition) is 0. The molecule has 4 nitrogen and oxygen atoms in total. The molecule has 5 aliphatic rings. The Hall–Kier alpha value is -7.54. The van der Waals surface area contributed by atoms with Gasteiger partial charge >= 0.3 is 6.85 Å². The van der Waals surface area contributed by atoms with E-state index in [0.717, 1.165) is 35.8 Å². The fourth-order valence-corrected chi connectivity index (χ4v) is 15.4. The summed E-state index contributed by atoms with van der Waals surface area (Å²) in [5.74, 6) is 2.87. The van der Waals surface area contributed by atoms with Crippen molar-refractivity contribution in [2.24, 2.45) is 0 Å². The number of nitrogens with zero attached hydrogens (tertiary/aromatic N) is 2. The number of aryl methyl sites for hydroxylation is 1. The van der Waals surface area contributed by atoms with E-state index in [2.05, 4.69) is 218 Å². The zero-order valence-electron chi connectivity index (χ0n) is 45.2. The van der Waals surface area contributed by atoms with Gasteiger partial charge in [0.1, 0.15) is 0 Å². The zero-order chi connectivity index (χ0) is 51.9. The molecule has 0 saturated heterocycles. The van der Waals surface area contributed by atoms with Crippen molar-refractivity contribution >= 4 is 77.7 Å². The van der Waals surface area contributed by atoms with Crippen molar-refractivity contribution in [1.29, 1.82) is 0 Å². The average Bonchev–Trinajstić information content (AvgIpc) is 3.96. The maximum Gasteiger partial charge on any atom is 0.333 e. The summed E-state index contributed by atoms with van der Waals surface area (Å²) in [6.07, 6.45) is 2.28. The number of rotatable bonds is 3. The van der Waals surface area contributed by atoms with E-state index in [1.54, 1.807) is 0 Å². The Morgan fingerprint density at radius 3 is 1.92 bits per heavy atom. The minimum absolute atomic E-state index is 0.0121. The van der Waals surface area contributed by atoms with E-state index in [-0.39, 0.29) is 28.5 Å². The van der Waals surface area contributed by atoms with Crippen molar-refractivity contribution in [2.75, 3.05) is 9.71 Å². The third-order valence-electron chi connectivity index (χ3n) is 18.2. The molecule has 372 valence electrons. The monoisotopic (exact) mass is 1000 g/mol. The number of thiophene rings is 1. The van der Waals surface area contributed by atoms with Crippen LogP contribution in [0.5, 0.6) is 23.0 Å². The van der Waals surface area contributed by atoms with Crippen molar-refractivity contribution < 1.29 is 9.47 Å².